The fourth-order valence-electron chi connectivity index (χ4n) is 3.69. The highest BCUT2D eigenvalue weighted by Gasteiger charge is 2.53. The van der Waals surface area contributed by atoms with E-state index in [0.717, 1.165) is 27.7 Å². The Morgan fingerprint density at radius 1 is 1.41 bits per heavy atom. The summed E-state index contributed by atoms with van der Waals surface area (Å²) in [6, 6.07) is 2.81. The number of carboxylic acids is 2. The first-order valence-electron chi connectivity index (χ1n) is 11.6. The van der Waals surface area contributed by atoms with Crippen LogP contribution >= 0.6 is 34.9 Å². The number of nitrogen functional groups attached to an aromatic ring is 1. The van der Waals surface area contributed by atoms with Gasteiger partial charge in [-0.15, -0.1) is 34.9 Å². The normalized spacial score (nSPS) is 19.7. The number of carboxylic acid groups (broad SMARTS) is 2. The lowest BCUT2D eigenvalue weighted by Gasteiger charge is -2.50. The molecule has 16 heteroatoms. The average Bonchev–Trinajstić information content (AvgIpc) is 3.35. The fraction of sp³-hybridized carbons (Fsp3) is 0.348. The van der Waals surface area contributed by atoms with Crippen molar-refractivity contribution in [1.29, 1.82) is 0 Å². The van der Waals surface area contributed by atoms with Gasteiger partial charge in [-0.25, -0.2) is 14.3 Å². The standard InChI is InChI=1S/C23H24N6O7S3/c1-3-28-6-4-13(5-7-28)37-8-12-9-38-20-16(19(31)29(20)17(12)22(34)35)26-18(30)15(14-10-39-23(24)25-14)27-36-11(2)21(32)33/h4-7,10-11,16,20H,3,8-9H2,1-2H3,(H4-,24,25,26,30,32,33,34,35)/b27-15-/t11-,16-,20-/m1/s1. The third kappa shape index (κ3) is 6.17. The molecule has 206 valence electrons. The van der Waals surface area contributed by atoms with E-state index >= 15 is 0 Å². The Labute approximate surface area is 235 Å². The number of aliphatic carboxylic acids is 2. The van der Waals surface area contributed by atoms with Crippen LogP contribution in [0.15, 0.2) is 51.2 Å². The zero-order chi connectivity index (χ0) is 28.3. The number of β-lactam (4-membered cyclic amide) rings is 1. The maximum atomic E-state index is 13.1. The van der Waals surface area contributed by atoms with Crippen molar-refractivity contribution in [1.82, 2.24) is 15.2 Å². The minimum atomic E-state index is -1.47. The van der Waals surface area contributed by atoms with E-state index in [1.165, 1.54) is 35.8 Å². The minimum Gasteiger partial charge on any atom is -0.543 e. The van der Waals surface area contributed by atoms with E-state index in [0.29, 0.717) is 17.1 Å². The number of pyridine rings is 1. The van der Waals surface area contributed by atoms with Gasteiger partial charge in [0.25, 0.3) is 11.8 Å². The molecule has 3 atom stereocenters. The van der Waals surface area contributed by atoms with Crippen molar-refractivity contribution >= 4 is 69.5 Å². The van der Waals surface area contributed by atoms with Crippen LogP contribution in [-0.4, -0.2) is 73.5 Å². The molecule has 39 heavy (non-hydrogen) atoms. The highest BCUT2D eigenvalue weighted by Crippen LogP contribution is 2.41. The van der Waals surface area contributed by atoms with Crippen molar-refractivity contribution in [3.05, 3.63) is 46.9 Å². The number of rotatable bonds is 11. The molecule has 4 rings (SSSR count). The van der Waals surface area contributed by atoms with Crippen LogP contribution in [0.1, 0.15) is 19.5 Å². The highest BCUT2D eigenvalue weighted by molar-refractivity contribution is 8.01. The average molecular weight is 593 g/mol. The van der Waals surface area contributed by atoms with Gasteiger partial charge in [0.15, 0.2) is 23.2 Å². The summed E-state index contributed by atoms with van der Waals surface area (Å²) in [6.07, 6.45) is 2.51. The predicted molar refractivity (Wildman–Crippen MR) is 141 cm³/mol. The molecule has 0 aromatic carbocycles. The summed E-state index contributed by atoms with van der Waals surface area (Å²) in [5.41, 5.74) is 5.67. The molecule has 4 N–H and O–H groups in total. The highest BCUT2D eigenvalue weighted by atomic mass is 32.2. The smallest absolute Gasteiger partial charge is 0.347 e. The number of nitrogens with one attached hydrogen (secondary N) is 1. The van der Waals surface area contributed by atoms with Crippen LogP contribution in [-0.2, 0) is 30.6 Å². The number of aromatic nitrogens is 2. The SMILES string of the molecule is CC[n+]1ccc(SCC2=C(C(=O)[O-])N3C(=O)[C@@H](NC(=O)/C(=N\O[C@H](C)C(=O)O)c4csc(N)n4)[C@H]3SC2)cc1. The van der Waals surface area contributed by atoms with Crippen molar-refractivity contribution in [2.24, 2.45) is 5.16 Å². The lowest BCUT2D eigenvalue weighted by molar-refractivity contribution is -0.693. The second-order valence-corrected chi connectivity index (χ2v) is 11.4. The maximum absolute atomic E-state index is 13.1. The van der Waals surface area contributed by atoms with Crippen LogP contribution in [0.25, 0.3) is 0 Å². The number of amides is 2. The Bertz CT molecular complexity index is 1360. The molecule has 2 aromatic heterocycles. The molecule has 0 spiro atoms. The van der Waals surface area contributed by atoms with E-state index in [2.05, 4.69) is 15.5 Å². The summed E-state index contributed by atoms with van der Waals surface area (Å²) in [4.78, 5) is 60.2. The van der Waals surface area contributed by atoms with E-state index in [1.54, 1.807) is 0 Å². The zero-order valence-electron chi connectivity index (χ0n) is 20.7. The third-order valence-electron chi connectivity index (χ3n) is 5.80. The minimum absolute atomic E-state index is 0.0347. The van der Waals surface area contributed by atoms with Crippen LogP contribution in [0.5, 0.6) is 0 Å². The summed E-state index contributed by atoms with van der Waals surface area (Å²) < 4.78 is 2.00. The Balaban J connectivity index is 1.49. The van der Waals surface area contributed by atoms with Crippen molar-refractivity contribution in [3.63, 3.8) is 0 Å². The van der Waals surface area contributed by atoms with Gasteiger partial charge < -0.3 is 30.9 Å². The summed E-state index contributed by atoms with van der Waals surface area (Å²) in [7, 11) is 0. The Hall–Kier alpha value is -3.63. The molecule has 0 saturated carbocycles. The number of fused-ring (bicyclic) bond motifs is 1. The molecular formula is C23H24N6O7S3. The van der Waals surface area contributed by atoms with Crippen LogP contribution in [0.4, 0.5) is 5.13 Å². The summed E-state index contributed by atoms with van der Waals surface area (Å²) in [5.74, 6) is -3.58. The number of aryl methyl sites for hydroxylation is 1. The number of thioether (sulfide) groups is 2. The molecule has 2 amide bonds. The number of oxime groups is 1. The molecule has 2 aliphatic heterocycles. The summed E-state index contributed by atoms with van der Waals surface area (Å²) in [5, 5.41) is 28.2. The predicted octanol–water partition coefficient (Wildman–Crippen LogP) is -0.577. The first-order chi connectivity index (χ1) is 18.6. The Morgan fingerprint density at radius 2 is 2.13 bits per heavy atom. The van der Waals surface area contributed by atoms with Gasteiger partial charge in [0, 0.05) is 33.9 Å². The molecule has 0 bridgehead atoms. The van der Waals surface area contributed by atoms with Gasteiger partial charge in [0.1, 0.15) is 23.7 Å². The summed E-state index contributed by atoms with van der Waals surface area (Å²) >= 11 is 3.79. The molecular weight excluding hydrogens is 568 g/mol. The van der Waals surface area contributed by atoms with Crippen LogP contribution in [0, 0.1) is 0 Å². The Kier molecular flexibility index (Phi) is 8.76. The number of hydrogen-bond acceptors (Lipinski definition) is 12. The number of anilines is 1. The first-order valence-corrected chi connectivity index (χ1v) is 14.5. The van der Waals surface area contributed by atoms with Gasteiger partial charge in [-0.2, -0.15) is 0 Å². The van der Waals surface area contributed by atoms with Crippen molar-refractivity contribution in [3.8, 4) is 0 Å². The molecule has 0 unspecified atom stereocenters. The largest absolute Gasteiger partial charge is 0.543 e. The fourth-order valence-corrected chi connectivity index (χ4v) is 6.61. The van der Waals surface area contributed by atoms with Gasteiger partial charge in [-0.3, -0.25) is 14.5 Å². The number of hydrogen-bond donors (Lipinski definition) is 3. The zero-order valence-corrected chi connectivity index (χ0v) is 23.2. The van der Waals surface area contributed by atoms with Gasteiger partial charge in [0.05, 0.1) is 11.7 Å². The number of carbonyl (C=O) groups excluding carboxylic acids is 3. The molecule has 0 radical (unpaired) electrons. The van der Waals surface area contributed by atoms with E-state index < -0.39 is 41.3 Å². The lowest BCUT2D eigenvalue weighted by atomic mass is 10.0. The van der Waals surface area contributed by atoms with E-state index in [4.69, 9.17) is 15.7 Å². The van der Waals surface area contributed by atoms with Crippen molar-refractivity contribution in [2.75, 3.05) is 17.2 Å². The van der Waals surface area contributed by atoms with Crippen LogP contribution in [0.2, 0.25) is 0 Å². The van der Waals surface area contributed by atoms with Gasteiger partial charge in [0.2, 0.25) is 6.10 Å². The van der Waals surface area contributed by atoms with Crippen molar-refractivity contribution in [2.45, 2.75) is 42.8 Å². The van der Waals surface area contributed by atoms with Gasteiger partial charge in [-0.1, -0.05) is 5.16 Å². The molecule has 4 heterocycles. The summed E-state index contributed by atoms with van der Waals surface area (Å²) in [6.45, 7) is 4.08. The third-order valence-corrected chi connectivity index (χ3v) is 8.91. The van der Waals surface area contributed by atoms with E-state index in [9.17, 15) is 24.3 Å². The topological polar surface area (TPSA) is 191 Å². The van der Waals surface area contributed by atoms with Crippen LogP contribution < -0.4 is 20.7 Å². The van der Waals surface area contributed by atoms with Crippen LogP contribution in [0.3, 0.4) is 0 Å². The monoisotopic (exact) mass is 592 g/mol. The molecule has 1 saturated heterocycles. The number of nitrogens with zero attached hydrogens (tertiary/aromatic N) is 4. The lowest BCUT2D eigenvalue weighted by Crippen LogP contribution is -2.71. The molecule has 13 nitrogen and oxygen atoms in total. The second-order valence-electron chi connectivity index (χ2n) is 8.35. The Morgan fingerprint density at radius 3 is 2.72 bits per heavy atom. The molecule has 2 aliphatic rings. The van der Waals surface area contributed by atoms with E-state index in [-0.39, 0.29) is 22.2 Å². The van der Waals surface area contributed by atoms with Gasteiger partial charge in [-0.05, 0) is 19.4 Å². The number of thiazole rings is 1. The second kappa shape index (κ2) is 12.0. The molecule has 2 aromatic rings. The van der Waals surface area contributed by atoms with E-state index in [1.807, 2.05) is 36.0 Å². The number of nitrogens with two attached hydrogens (primary N) is 1. The molecule has 0 aliphatic carbocycles. The maximum Gasteiger partial charge on any atom is 0.347 e. The first kappa shape index (κ1) is 28.4. The van der Waals surface area contributed by atoms with Gasteiger partial charge >= 0.3 is 5.97 Å². The quantitative estimate of drug-likeness (QED) is 0.0995. The van der Waals surface area contributed by atoms with Crippen molar-refractivity contribution < 1.29 is 38.8 Å². The number of carbonyl (C=O) groups is 4. The molecule has 1 fully saturated rings.